The molecule has 0 bridgehead atoms. The third-order valence-corrected chi connectivity index (χ3v) is 5.51. The minimum absolute atomic E-state index is 0.192. The molecule has 1 aliphatic heterocycles. The van der Waals surface area contributed by atoms with Gasteiger partial charge >= 0.3 is 11.8 Å². The average Bonchev–Trinajstić information content (AvgIpc) is 2.80. The van der Waals surface area contributed by atoms with Crippen molar-refractivity contribution in [2.75, 3.05) is 18.0 Å². The van der Waals surface area contributed by atoms with Gasteiger partial charge in [0.25, 0.3) is 0 Å². The lowest BCUT2D eigenvalue weighted by Gasteiger charge is -2.41. The lowest BCUT2D eigenvalue weighted by molar-refractivity contribution is -0.148. The fraction of sp³-hybridized carbons (Fsp3) is 0.160. The van der Waals surface area contributed by atoms with E-state index in [4.69, 9.17) is 5.73 Å². The third kappa shape index (κ3) is 4.33. The van der Waals surface area contributed by atoms with Crippen molar-refractivity contribution in [1.82, 2.24) is 4.90 Å². The molecule has 0 aromatic heterocycles. The number of anilines is 1. The number of nitrogens with zero attached hydrogens (tertiary/aromatic N) is 2. The molecule has 6 nitrogen and oxygen atoms in total. The van der Waals surface area contributed by atoms with Gasteiger partial charge in [0, 0.05) is 12.1 Å². The van der Waals surface area contributed by atoms with E-state index in [1.165, 1.54) is 4.90 Å². The maximum absolute atomic E-state index is 13.1. The number of para-hydroxylation sites is 1. The maximum atomic E-state index is 13.1. The van der Waals surface area contributed by atoms with Crippen LogP contribution in [0.5, 0.6) is 0 Å². The summed E-state index contributed by atoms with van der Waals surface area (Å²) in [7, 11) is 0. The zero-order valence-electron chi connectivity index (χ0n) is 17.0. The summed E-state index contributed by atoms with van der Waals surface area (Å²) >= 11 is 0. The van der Waals surface area contributed by atoms with Gasteiger partial charge in [-0.1, -0.05) is 78.9 Å². The van der Waals surface area contributed by atoms with Crippen LogP contribution >= 0.6 is 0 Å². The molecule has 4 rings (SSSR count). The number of carbonyl (C=O) groups excluding carboxylic acids is 3. The highest BCUT2D eigenvalue weighted by Crippen LogP contribution is 2.32. The Morgan fingerprint density at radius 1 is 0.871 bits per heavy atom. The summed E-state index contributed by atoms with van der Waals surface area (Å²) in [6.45, 7) is 0.0823. The highest BCUT2D eigenvalue weighted by Gasteiger charge is 2.38. The summed E-state index contributed by atoms with van der Waals surface area (Å²) in [6, 6.07) is 26.9. The van der Waals surface area contributed by atoms with E-state index in [-0.39, 0.29) is 25.0 Å². The molecular formula is C25H23N3O3. The van der Waals surface area contributed by atoms with E-state index in [0.717, 1.165) is 22.4 Å². The zero-order valence-corrected chi connectivity index (χ0v) is 17.0. The molecule has 0 saturated carbocycles. The molecule has 3 amide bonds. The number of benzene rings is 3. The predicted molar refractivity (Wildman–Crippen MR) is 119 cm³/mol. The zero-order chi connectivity index (χ0) is 21.8. The van der Waals surface area contributed by atoms with Crippen LogP contribution in [0.15, 0.2) is 84.9 Å². The smallest absolute Gasteiger partial charge is 0.312 e. The van der Waals surface area contributed by atoms with Gasteiger partial charge in [-0.2, -0.15) is 0 Å². The van der Waals surface area contributed by atoms with Crippen LogP contribution in [0.2, 0.25) is 0 Å². The van der Waals surface area contributed by atoms with Crippen LogP contribution in [-0.4, -0.2) is 41.8 Å². The highest BCUT2D eigenvalue weighted by molar-refractivity contribution is 6.35. The number of nitrogens with two attached hydrogens (primary N) is 1. The number of hydrogen-bond donors (Lipinski definition) is 1. The first-order valence-electron chi connectivity index (χ1n) is 10.1. The average molecular weight is 413 g/mol. The van der Waals surface area contributed by atoms with Crippen molar-refractivity contribution in [3.05, 3.63) is 90.5 Å². The fourth-order valence-corrected chi connectivity index (χ4v) is 4.01. The topological polar surface area (TPSA) is 83.7 Å². The largest absolute Gasteiger partial charge is 0.361 e. The van der Waals surface area contributed by atoms with Gasteiger partial charge in [0.05, 0.1) is 11.7 Å². The Bertz CT molecular complexity index is 1100. The second-order valence-corrected chi connectivity index (χ2v) is 7.53. The van der Waals surface area contributed by atoms with Gasteiger partial charge in [-0.05, 0) is 23.6 Å². The Labute approximate surface area is 180 Å². The molecule has 0 spiro atoms. The first kappa shape index (κ1) is 20.3. The molecule has 0 aliphatic carbocycles. The van der Waals surface area contributed by atoms with Gasteiger partial charge in [0.2, 0.25) is 5.91 Å². The number of carbonyl (C=O) groups is 3. The fourth-order valence-electron chi connectivity index (χ4n) is 4.01. The highest BCUT2D eigenvalue weighted by atomic mass is 16.2. The van der Waals surface area contributed by atoms with Gasteiger partial charge in [-0.25, -0.2) is 0 Å². The Balaban J connectivity index is 1.70. The minimum Gasteiger partial charge on any atom is -0.361 e. The first-order valence-corrected chi connectivity index (χ1v) is 10.1. The second-order valence-electron chi connectivity index (χ2n) is 7.53. The summed E-state index contributed by atoms with van der Waals surface area (Å²) in [4.78, 5) is 40.2. The monoisotopic (exact) mass is 413 g/mol. The van der Waals surface area contributed by atoms with E-state index in [1.807, 2.05) is 84.9 Å². The molecule has 2 N–H and O–H groups in total. The molecule has 1 atom stereocenters. The number of rotatable bonds is 4. The van der Waals surface area contributed by atoms with E-state index in [0.29, 0.717) is 6.42 Å². The summed E-state index contributed by atoms with van der Waals surface area (Å²) < 4.78 is 0. The van der Waals surface area contributed by atoms with Crippen molar-refractivity contribution in [2.24, 2.45) is 5.73 Å². The number of piperazine rings is 1. The van der Waals surface area contributed by atoms with Crippen LogP contribution in [0, 0.1) is 0 Å². The van der Waals surface area contributed by atoms with Gasteiger partial charge in [0.15, 0.2) is 0 Å². The van der Waals surface area contributed by atoms with Crippen molar-refractivity contribution < 1.29 is 14.4 Å². The van der Waals surface area contributed by atoms with Gasteiger partial charge in [-0.3, -0.25) is 14.4 Å². The molecular weight excluding hydrogens is 390 g/mol. The molecule has 1 fully saturated rings. The molecule has 1 saturated heterocycles. The molecule has 0 radical (unpaired) electrons. The van der Waals surface area contributed by atoms with E-state index in [9.17, 15) is 14.4 Å². The lowest BCUT2D eigenvalue weighted by Crippen LogP contribution is -2.60. The van der Waals surface area contributed by atoms with E-state index < -0.39 is 11.8 Å². The van der Waals surface area contributed by atoms with Crippen molar-refractivity contribution in [2.45, 2.75) is 12.5 Å². The SMILES string of the molecule is NC(=O)C(=O)N1CC(=O)N(c2ccccc2-c2ccccc2)C[C@@H]1Cc1ccccc1. The Kier molecular flexibility index (Phi) is 5.80. The van der Waals surface area contributed by atoms with Crippen LogP contribution < -0.4 is 10.6 Å². The van der Waals surface area contributed by atoms with Gasteiger partial charge in [-0.15, -0.1) is 0 Å². The Hall–Kier alpha value is -3.93. The molecule has 3 aromatic carbocycles. The van der Waals surface area contributed by atoms with Gasteiger partial charge in [0.1, 0.15) is 6.54 Å². The predicted octanol–water partition coefficient (Wildman–Crippen LogP) is 2.63. The second kappa shape index (κ2) is 8.83. The number of hydrogen-bond acceptors (Lipinski definition) is 3. The third-order valence-electron chi connectivity index (χ3n) is 5.51. The molecule has 156 valence electrons. The molecule has 3 aromatic rings. The summed E-state index contributed by atoms with van der Waals surface area (Å²) in [5.74, 6) is -2.13. The summed E-state index contributed by atoms with van der Waals surface area (Å²) in [5.41, 5.74) is 8.99. The summed E-state index contributed by atoms with van der Waals surface area (Å²) in [6.07, 6.45) is 0.511. The molecule has 31 heavy (non-hydrogen) atoms. The van der Waals surface area contributed by atoms with Crippen molar-refractivity contribution in [1.29, 1.82) is 0 Å². The van der Waals surface area contributed by atoms with Crippen molar-refractivity contribution in [3.8, 4) is 11.1 Å². The summed E-state index contributed by atoms with van der Waals surface area (Å²) in [5, 5.41) is 0. The lowest BCUT2D eigenvalue weighted by atomic mass is 9.98. The van der Waals surface area contributed by atoms with Crippen LogP contribution in [0.25, 0.3) is 11.1 Å². The molecule has 1 heterocycles. The number of amides is 3. The van der Waals surface area contributed by atoms with E-state index in [1.54, 1.807) is 4.90 Å². The first-order chi connectivity index (χ1) is 15.0. The van der Waals surface area contributed by atoms with Gasteiger partial charge < -0.3 is 15.5 Å². The molecule has 6 heteroatoms. The van der Waals surface area contributed by atoms with Crippen molar-refractivity contribution in [3.63, 3.8) is 0 Å². The van der Waals surface area contributed by atoms with Crippen LogP contribution in [0.4, 0.5) is 5.69 Å². The van der Waals surface area contributed by atoms with Crippen LogP contribution in [0.1, 0.15) is 5.56 Å². The standard InChI is InChI=1S/C25H23N3O3/c26-24(30)25(31)27-17-23(29)28(16-20(27)15-18-9-3-1-4-10-18)22-14-8-7-13-21(22)19-11-5-2-6-12-19/h1-14,20H,15-17H2,(H2,26,30)/t20-/m0/s1. The minimum atomic E-state index is -1.05. The van der Waals surface area contributed by atoms with E-state index in [2.05, 4.69) is 0 Å². The molecule has 0 unspecified atom stereocenters. The van der Waals surface area contributed by atoms with Crippen LogP contribution in [0.3, 0.4) is 0 Å². The van der Waals surface area contributed by atoms with Crippen LogP contribution in [-0.2, 0) is 20.8 Å². The Morgan fingerprint density at radius 3 is 2.16 bits per heavy atom. The number of primary amides is 1. The quantitative estimate of drug-likeness (QED) is 0.668. The Morgan fingerprint density at radius 2 is 1.48 bits per heavy atom. The molecule has 1 aliphatic rings. The van der Waals surface area contributed by atoms with Crippen molar-refractivity contribution >= 4 is 23.4 Å². The van der Waals surface area contributed by atoms with E-state index >= 15 is 0 Å². The maximum Gasteiger partial charge on any atom is 0.312 e. The normalized spacial score (nSPS) is 16.3.